The van der Waals surface area contributed by atoms with E-state index in [1.807, 2.05) is 6.07 Å². The first-order valence-corrected chi connectivity index (χ1v) is 7.63. The molecule has 0 spiro atoms. The normalized spacial score (nSPS) is 11.0. The molecule has 6 heteroatoms. The van der Waals surface area contributed by atoms with Crippen molar-refractivity contribution in [2.24, 2.45) is 0 Å². The fourth-order valence-electron chi connectivity index (χ4n) is 1.65. The molecule has 0 saturated carbocycles. The van der Waals surface area contributed by atoms with Gasteiger partial charge in [0.1, 0.15) is 11.6 Å². The number of halogens is 3. The molecule has 1 aromatic heterocycles. The summed E-state index contributed by atoms with van der Waals surface area (Å²) in [5.74, 6) is 0.436. The highest BCUT2D eigenvalue weighted by Gasteiger charge is 2.10. The predicted octanol–water partition coefficient (Wildman–Crippen LogP) is 4.93. The van der Waals surface area contributed by atoms with Crippen LogP contribution in [0.3, 0.4) is 0 Å². The quantitative estimate of drug-likeness (QED) is 0.807. The number of nitrogens with one attached hydrogen (secondary N) is 1. The first kappa shape index (κ1) is 16.2. The molecule has 0 saturated heterocycles. The Morgan fingerprint density at radius 3 is 2.81 bits per heavy atom. The Kier molecular flexibility index (Phi) is 5.56. The summed E-state index contributed by atoms with van der Waals surface area (Å²) in [6.07, 6.45) is 1.65. The van der Waals surface area contributed by atoms with Gasteiger partial charge in [-0.3, -0.25) is 0 Å². The smallest absolute Gasteiger partial charge is 0.223 e. The molecule has 0 atom stereocenters. The zero-order valence-corrected chi connectivity index (χ0v) is 14.0. The first-order valence-electron chi connectivity index (χ1n) is 6.46. The van der Waals surface area contributed by atoms with Crippen LogP contribution in [-0.4, -0.2) is 11.0 Å². The van der Waals surface area contributed by atoms with E-state index in [4.69, 9.17) is 16.3 Å². The zero-order valence-electron chi connectivity index (χ0n) is 11.7. The van der Waals surface area contributed by atoms with Gasteiger partial charge in [-0.05, 0) is 34.1 Å². The summed E-state index contributed by atoms with van der Waals surface area (Å²) < 4.78 is 19.7. The van der Waals surface area contributed by atoms with Crippen molar-refractivity contribution >= 4 is 27.5 Å². The molecule has 0 aliphatic rings. The van der Waals surface area contributed by atoms with Crippen molar-refractivity contribution in [3.8, 4) is 11.6 Å². The molecule has 21 heavy (non-hydrogen) atoms. The van der Waals surface area contributed by atoms with Gasteiger partial charge in [-0.15, -0.1) is 0 Å². The number of hydrogen-bond donors (Lipinski definition) is 1. The van der Waals surface area contributed by atoms with Gasteiger partial charge in [-0.2, -0.15) is 0 Å². The lowest BCUT2D eigenvalue weighted by atomic mass is 10.2. The van der Waals surface area contributed by atoms with Crippen molar-refractivity contribution in [3.05, 3.63) is 51.3 Å². The zero-order chi connectivity index (χ0) is 15.4. The minimum Gasteiger partial charge on any atom is -0.439 e. The van der Waals surface area contributed by atoms with E-state index in [9.17, 15) is 4.39 Å². The fourth-order valence-corrected chi connectivity index (χ4v) is 2.20. The van der Waals surface area contributed by atoms with Gasteiger partial charge in [0.15, 0.2) is 0 Å². The second kappa shape index (κ2) is 7.20. The maximum atomic E-state index is 13.2. The van der Waals surface area contributed by atoms with Crippen LogP contribution in [0.2, 0.25) is 5.02 Å². The van der Waals surface area contributed by atoms with Crippen LogP contribution < -0.4 is 10.1 Å². The van der Waals surface area contributed by atoms with E-state index in [1.165, 1.54) is 18.2 Å². The molecule has 0 amide bonds. The van der Waals surface area contributed by atoms with Crippen molar-refractivity contribution < 1.29 is 9.13 Å². The van der Waals surface area contributed by atoms with Crippen molar-refractivity contribution in [3.63, 3.8) is 0 Å². The van der Waals surface area contributed by atoms with Crippen LogP contribution in [0.4, 0.5) is 4.39 Å². The lowest BCUT2D eigenvalue weighted by Gasteiger charge is -2.13. The number of rotatable bonds is 5. The van der Waals surface area contributed by atoms with E-state index in [0.717, 1.165) is 10.0 Å². The summed E-state index contributed by atoms with van der Waals surface area (Å²) in [6.45, 7) is 4.74. The van der Waals surface area contributed by atoms with E-state index in [-0.39, 0.29) is 5.02 Å². The second-order valence-electron chi connectivity index (χ2n) is 4.83. The molecule has 112 valence electrons. The Morgan fingerprint density at radius 2 is 2.14 bits per heavy atom. The molecule has 0 radical (unpaired) electrons. The average molecular weight is 374 g/mol. The summed E-state index contributed by atoms with van der Waals surface area (Å²) >= 11 is 9.15. The van der Waals surface area contributed by atoms with E-state index >= 15 is 0 Å². The SMILES string of the molecule is CC(C)NCc1cc(Br)cnc1Oc1ccc(F)c(Cl)c1. The minimum absolute atomic E-state index is 0.0199. The standard InChI is InChI=1S/C15H15BrClFN2O/c1-9(2)19-7-10-5-11(16)8-20-15(10)21-12-3-4-14(18)13(17)6-12/h3-6,8-9,19H,7H2,1-2H3. The number of ether oxygens (including phenoxy) is 1. The average Bonchev–Trinajstić information content (AvgIpc) is 2.43. The second-order valence-corrected chi connectivity index (χ2v) is 6.15. The highest BCUT2D eigenvalue weighted by Crippen LogP contribution is 2.28. The summed E-state index contributed by atoms with van der Waals surface area (Å²) in [6, 6.07) is 6.49. The van der Waals surface area contributed by atoms with Gasteiger partial charge in [0, 0.05) is 34.9 Å². The number of benzene rings is 1. The molecule has 1 heterocycles. The van der Waals surface area contributed by atoms with Gasteiger partial charge >= 0.3 is 0 Å². The van der Waals surface area contributed by atoms with Crippen LogP contribution in [-0.2, 0) is 6.54 Å². The lowest BCUT2D eigenvalue weighted by molar-refractivity contribution is 0.448. The highest BCUT2D eigenvalue weighted by molar-refractivity contribution is 9.10. The van der Waals surface area contributed by atoms with Crippen molar-refractivity contribution in [2.45, 2.75) is 26.4 Å². The van der Waals surface area contributed by atoms with Crippen LogP contribution in [0, 0.1) is 5.82 Å². The van der Waals surface area contributed by atoms with Crippen LogP contribution >= 0.6 is 27.5 Å². The number of aromatic nitrogens is 1. The van der Waals surface area contributed by atoms with Crippen molar-refractivity contribution in [1.82, 2.24) is 10.3 Å². The van der Waals surface area contributed by atoms with Gasteiger partial charge in [0.25, 0.3) is 0 Å². The third-order valence-corrected chi connectivity index (χ3v) is 3.42. The summed E-state index contributed by atoms with van der Waals surface area (Å²) in [5.41, 5.74) is 0.901. The Morgan fingerprint density at radius 1 is 1.38 bits per heavy atom. The van der Waals surface area contributed by atoms with Gasteiger partial charge in [-0.1, -0.05) is 25.4 Å². The molecule has 1 N–H and O–H groups in total. The third-order valence-electron chi connectivity index (χ3n) is 2.70. The van der Waals surface area contributed by atoms with Gasteiger partial charge in [0.2, 0.25) is 5.88 Å². The Hall–Kier alpha value is -1.17. The maximum Gasteiger partial charge on any atom is 0.223 e. The number of pyridine rings is 1. The summed E-state index contributed by atoms with van der Waals surface area (Å²) in [5, 5.41) is 3.33. The van der Waals surface area contributed by atoms with Crippen LogP contribution in [0.15, 0.2) is 34.9 Å². The largest absolute Gasteiger partial charge is 0.439 e. The Bertz CT molecular complexity index is 637. The van der Waals surface area contributed by atoms with Crippen molar-refractivity contribution in [2.75, 3.05) is 0 Å². The monoisotopic (exact) mass is 372 g/mol. The Labute approximate surface area is 136 Å². The predicted molar refractivity (Wildman–Crippen MR) is 85.4 cm³/mol. The molecule has 2 rings (SSSR count). The summed E-state index contributed by atoms with van der Waals surface area (Å²) in [7, 11) is 0. The number of hydrogen-bond acceptors (Lipinski definition) is 3. The van der Waals surface area contributed by atoms with Crippen LogP contribution in [0.5, 0.6) is 11.6 Å². The van der Waals surface area contributed by atoms with Gasteiger partial charge in [0.05, 0.1) is 5.02 Å². The van der Waals surface area contributed by atoms with Gasteiger partial charge in [-0.25, -0.2) is 9.37 Å². The molecular weight excluding hydrogens is 359 g/mol. The molecule has 0 aliphatic heterocycles. The van der Waals surface area contributed by atoms with Crippen molar-refractivity contribution in [1.29, 1.82) is 0 Å². The first-order chi connectivity index (χ1) is 9.95. The highest BCUT2D eigenvalue weighted by atomic mass is 79.9. The van der Waals surface area contributed by atoms with E-state index < -0.39 is 5.82 Å². The van der Waals surface area contributed by atoms with Gasteiger partial charge < -0.3 is 10.1 Å². The minimum atomic E-state index is -0.477. The Balaban J connectivity index is 2.23. The molecule has 3 nitrogen and oxygen atoms in total. The molecular formula is C15H15BrClFN2O. The van der Waals surface area contributed by atoms with Crippen LogP contribution in [0.25, 0.3) is 0 Å². The topological polar surface area (TPSA) is 34.2 Å². The molecule has 0 bridgehead atoms. The van der Waals surface area contributed by atoms with E-state index in [1.54, 1.807) is 6.20 Å². The lowest BCUT2D eigenvalue weighted by Crippen LogP contribution is -2.22. The third kappa shape index (κ3) is 4.66. The number of nitrogens with zero attached hydrogens (tertiary/aromatic N) is 1. The van der Waals surface area contributed by atoms with E-state index in [0.29, 0.717) is 24.2 Å². The molecule has 0 aliphatic carbocycles. The van der Waals surface area contributed by atoms with Crippen LogP contribution in [0.1, 0.15) is 19.4 Å². The molecule has 0 unspecified atom stereocenters. The van der Waals surface area contributed by atoms with E-state index in [2.05, 4.69) is 40.1 Å². The fraction of sp³-hybridized carbons (Fsp3) is 0.267. The maximum absolute atomic E-state index is 13.2. The molecule has 1 aromatic carbocycles. The molecule has 0 fully saturated rings. The summed E-state index contributed by atoms with van der Waals surface area (Å²) in [4.78, 5) is 4.26. The molecule has 2 aromatic rings.